The van der Waals surface area contributed by atoms with Gasteiger partial charge in [0.25, 0.3) is 0 Å². The lowest BCUT2D eigenvalue weighted by Gasteiger charge is -2.36. The van der Waals surface area contributed by atoms with Crippen LogP contribution in [0.4, 0.5) is 10.2 Å². The maximum Gasteiger partial charge on any atom is 0.141 e. The lowest BCUT2D eigenvalue weighted by molar-refractivity contribution is 0.0443. The molecule has 0 radical (unpaired) electrons. The number of hydrogen-bond donors (Lipinski definition) is 0. The van der Waals surface area contributed by atoms with Crippen molar-refractivity contribution in [3.8, 4) is 0 Å². The molecule has 88 valence electrons. The highest BCUT2D eigenvalue weighted by Gasteiger charge is 2.26. The number of ether oxygens (including phenoxy) is 1. The van der Waals surface area contributed by atoms with E-state index < -0.39 is 0 Å². The number of rotatable bonds is 2. The molecule has 1 aliphatic rings. The van der Waals surface area contributed by atoms with Crippen molar-refractivity contribution in [2.45, 2.75) is 19.4 Å². The standard InChI is InChI=1S/C12H17FN2O/c1-9-8-15(6-5-11(9)16-2)12-4-3-10(13)7-14-12/h3-4,7,9,11H,5-6,8H2,1-2H3. The van der Waals surface area contributed by atoms with Crippen molar-refractivity contribution < 1.29 is 9.13 Å². The fourth-order valence-electron chi connectivity index (χ4n) is 2.24. The first-order valence-corrected chi connectivity index (χ1v) is 5.60. The zero-order valence-corrected chi connectivity index (χ0v) is 9.69. The Hall–Kier alpha value is -1.16. The van der Waals surface area contributed by atoms with Crippen LogP contribution in [0.1, 0.15) is 13.3 Å². The van der Waals surface area contributed by atoms with Crippen molar-refractivity contribution in [1.29, 1.82) is 0 Å². The number of halogens is 1. The highest BCUT2D eigenvalue weighted by Crippen LogP contribution is 2.23. The third-order valence-electron chi connectivity index (χ3n) is 3.17. The Morgan fingerprint density at radius 3 is 2.88 bits per heavy atom. The summed E-state index contributed by atoms with van der Waals surface area (Å²) in [5, 5.41) is 0. The second-order valence-electron chi connectivity index (χ2n) is 4.32. The lowest BCUT2D eigenvalue weighted by atomic mass is 9.96. The predicted octanol–water partition coefficient (Wildman–Crippen LogP) is 2.08. The molecular weight excluding hydrogens is 207 g/mol. The Balaban J connectivity index is 2.04. The molecule has 0 aliphatic carbocycles. The van der Waals surface area contributed by atoms with E-state index in [0.717, 1.165) is 25.3 Å². The van der Waals surface area contributed by atoms with Crippen LogP contribution in [-0.2, 0) is 4.74 Å². The molecular formula is C12H17FN2O. The van der Waals surface area contributed by atoms with E-state index in [4.69, 9.17) is 4.74 Å². The van der Waals surface area contributed by atoms with Crippen LogP contribution in [0.3, 0.4) is 0 Å². The monoisotopic (exact) mass is 224 g/mol. The van der Waals surface area contributed by atoms with Crippen LogP contribution in [0.5, 0.6) is 0 Å². The van der Waals surface area contributed by atoms with E-state index >= 15 is 0 Å². The van der Waals surface area contributed by atoms with E-state index in [0.29, 0.717) is 12.0 Å². The Labute approximate surface area is 95.2 Å². The fourth-order valence-corrected chi connectivity index (χ4v) is 2.24. The number of piperidine rings is 1. The van der Waals surface area contributed by atoms with Crippen molar-refractivity contribution >= 4 is 5.82 Å². The first-order valence-electron chi connectivity index (χ1n) is 5.60. The van der Waals surface area contributed by atoms with Gasteiger partial charge in [-0.15, -0.1) is 0 Å². The van der Waals surface area contributed by atoms with Crippen LogP contribution in [0, 0.1) is 11.7 Å². The van der Waals surface area contributed by atoms with Crippen LogP contribution < -0.4 is 4.90 Å². The largest absolute Gasteiger partial charge is 0.381 e. The molecule has 0 spiro atoms. The molecule has 1 saturated heterocycles. The predicted molar refractivity (Wildman–Crippen MR) is 61.0 cm³/mol. The molecule has 2 unspecified atom stereocenters. The van der Waals surface area contributed by atoms with Gasteiger partial charge in [0.1, 0.15) is 11.6 Å². The smallest absolute Gasteiger partial charge is 0.141 e. The minimum absolute atomic E-state index is 0.288. The van der Waals surface area contributed by atoms with Crippen molar-refractivity contribution in [1.82, 2.24) is 4.98 Å². The number of pyridine rings is 1. The summed E-state index contributed by atoms with van der Waals surface area (Å²) in [6, 6.07) is 3.19. The van der Waals surface area contributed by atoms with E-state index in [-0.39, 0.29) is 5.82 Å². The summed E-state index contributed by atoms with van der Waals surface area (Å²) in [5.41, 5.74) is 0. The van der Waals surface area contributed by atoms with E-state index in [2.05, 4.69) is 16.8 Å². The molecule has 4 heteroatoms. The minimum atomic E-state index is -0.288. The molecule has 0 aromatic carbocycles. The van der Waals surface area contributed by atoms with E-state index in [1.807, 2.05) is 0 Å². The molecule has 1 aromatic heterocycles. The molecule has 0 bridgehead atoms. The first-order chi connectivity index (χ1) is 7.70. The third-order valence-corrected chi connectivity index (χ3v) is 3.17. The molecule has 3 nitrogen and oxygen atoms in total. The highest BCUT2D eigenvalue weighted by molar-refractivity contribution is 5.38. The van der Waals surface area contributed by atoms with Gasteiger partial charge in [-0.3, -0.25) is 0 Å². The molecule has 1 fully saturated rings. The fraction of sp³-hybridized carbons (Fsp3) is 0.583. The van der Waals surface area contributed by atoms with Crippen LogP contribution in [0.25, 0.3) is 0 Å². The zero-order valence-electron chi connectivity index (χ0n) is 9.69. The summed E-state index contributed by atoms with van der Waals surface area (Å²) < 4.78 is 18.1. The molecule has 2 atom stereocenters. The number of nitrogens with zero attached hydrogens (tertiary/aromatic N) is 2. The lowest BCUT2D eigenvalue weighted by Crippen LogP contribution is -2.43. The van der Waals surface area contributed by atoms with Gasteiger partial charge in [-0.25, -0.2) is 9.37 Å². The zero-order chi connectivity index (χ0) is 11.5. The van der Waals surface area contributed by atoms with Gasteiger partial charge in [0.15, 0.2) is 0 Å². The Morgan fingerprint density at radius 1 is 1.50 bits per heavy atom. The van der Waals surface area contributed by atoms with Crippen molar-refractivity contribution in [3.05, 3.63) is 24.1 Å². The SMILES string of the molecule is COC1CCN(c2ccc(F)cn2)CC1C. The molecule has 0 N–H and O–H groups in total. The van der Waals surface area contributed by atoms with Gasteiger partial charge in [-0.05, 0) is 24.5 Å². The van der Waals surface area contributed by atoms with Crippen molar-refractivity contribution in [2.24, 2.45) is 5.92 Å². The Kier molecular flexibility index (Phi) is 3.39. The van der Waals surface area contributed by atoms with Gasteiger partial charge in [0.05, 0.1) is 12.3 Å². The van der Waals surface area contributed by atoms with Crippen LogP contribution >= 0.6 is 0 Å². The van der Waals surface area contributed by atoms with E-state index in [9.17, 15) is 4.39 Å². The molecule has 2 heterocycles. The van der Waals surface area contributed by atoms with Crippen molar-refractivity contribution in [2.75, 3.05) is 25.1 Å². The van der Waals surface area contributed by atoms with Crippen LogP contribution in [0.2, 0.25) is 0 Å². The molecule has 1 aromatic rings. The third kappa shape index (κ3) is 2.32. The second kappa shape index (κ2) is 4.78. The molecule has 2 rings (SSSR count). The maximum atomic E-state index is 12.7. The first kappa shape index (κ1) is 11.3. The van der Waals surface area contributed by atoms with Gasteiger partial charge in [-0.2, -0.15) is 0 Å². The maximum absolute atomic E-state index is 12.7. The number of methoxy groups -OCH3 is 1. The van der Waals surface area contributed by atoms with Gasteiger partial charge >= 0.3 is 0 Å². The van der Waals surface area contributed by atoms with Crippen LogP contribution in [0.15, 0.2) is 18.3 Å². The average Bonchev–Trinajstić information content (AvgIpc) is 2.30. The van der Waals surface area contributed by atoms with Gasteiger partial charge in [-0.1, -0.05) is 6.92 Å². The minimum Gasteiger partial charge on any atom is -0.381 e. The summed E-state index contributed by atoms with van der Waals surface area (Å²) in [4.78, 5) is 6.28. The summed E-state index contributed by atoms with van der Waals surface area (Å²) in [6.45, 7) is 4.00. The summed E-state index contributed by atoms with van der Waals surface area (Å²) in [6.07, 6.45) is 2.59. The quantitative estimate of drug-likeness (QED) is 0.769. The van der Waals surface area contributed by atoms with Gasteiger partial charge < -0.3 is 9.64 Å². The van der Waals surface area contributed by atoms with E-state index in [1.54, 1.807) is 13.2 Å². The average molecular weight is 224 g/mol. The molecule has 16 heavy (non-hydrogen) atoms. The molecule has 1 aliphatic heterocycles. The summed E-state index contributed by atoms with van der Waals surface area (Å²) in [5.74, 6) is 1.04. The topological polar surface area (TPSA) is 25.4 Å². The van der Waals surface area contributed by atoms with E-state index in [1.165, 1.54) is 12.3 Å². The number of anilines is 1. The van der Waals surface area contributed by atoms with Gasteiger partial charge in [0.2, 0.25) is 0 Å². The number of aromatic nitrogens is 1. The van der Waals surface area contributed by atoms with Gasteiger partial charge in [0, 0.05) is 20.2 Å². The Bertz CT molecular complexity index is 341. The molecule has 0 saturated carbocycles. The summed E-state index contributed by atoms with van der Waals surface area (Å²) >= 11 is 0. The highest BCUT2D eigenvalue weighted by atomic mass is 19.1. The van der Waals surface area contributed by atoms with Crippen molar-refractivity contribution in [3.63, 3.8) is 0 Å². The van der Waals surface area contributed by atoms with Crippen LogP contribution in [-0.4, -0.2) is 31.3 Å². The number of hydrogen-bond acceptors (Lipinski definition) is 3. The normalized spacial score (nSPS) is 25.8. The summed E-state index contributed by atoms with van der Waals surface area (Å²) in [7, 11) is 1.76. The second-order valence-corrected chi connectivity index (χ2v) is 4.32. The Morgan fingerprint density at radius 2 is 2.31 bits per heavy atom. The molecule has 0 amide bonds.